The summed E-state index contributed by atoms with van der Waals surface area (Å²) in [5.74, 6) is 1.52. The molecule has 0 atom stereocenters. The van der Waals surface area contributed by atoms with Crippen molar-refractivity contribution < 1.29 is 4.79 Å². The molecule has 0 aromatic rings. The third-order valence-electron chi connectivity index (χ3n) is 5.07. The van der Waals surface area contributed by atoms with Gasteiger partial charge in [-0.1, -0.05) is 13.8 Å². The highest BCUT2D eigenvalue weighted by molar-refractivity contribution is 5.75. The zero-order valence-electron chi connectivity index (χ0n) is 12.5. The lowest BCUT2D eigenvalue weighted by Gasteiger charge is -2.41. The molecular formula is C15H29N3O. The molecule has 2 rings (SSSR count). The van der Waals surface area contributed by atoms with Gasteiger partial charge in [-0.15, -0.1) is 0 Å². The number of likely N-dealkylation sites (tertiary alicyclic amines) is 1. The number of hydrogen-bond donors (Lipinski definition) is 2. The second-order valence-electron chi connectivity index (χ2n) is 6.77. The average molecular weight is 267 g/mol. The van der Waals surface area contributed by atoms with Gasteiger partial charge in [0.1, 0.15) is 0 Å². The maximum absolute atomic E-state index is 12.4. The Morgan fingerprint density at radius 3 is 2.21 bits per heavy atom. The largest absolute Gasteiger partial charge is 0.331 e. The summed E-state index contributed by atoms with van der Waals surface area (Å²) in [7, 11) is 0. The highest BCUT2D eigenvalue weighted by Gasteiger charge is 2.35. The van der Waals surface area contributed by atoms with Crippen LogP contribution in [0.2, 0.25) is 0 Å². The van der Waals surface area contributed by atoms with Crippen molar-refractivity contribution in [3.05, 3.63) is 0 Å². The standard InChI is InChI=1S/C15H29N3O/c1-12-3-7-15(11-16,8-4-12)17-14(19)18-9-5-13(2)6-10-18/h12-13H,3-11,16H2,1-2H3,(H,17,19). The van der Waals surface area contributed by atoms with E-state index in [0.717, 1.165) is 50.6 Å². The highest BCUT2D eigenvalue weighted by Crippen LogP contribution is 2.31. The normalized spacial score (nSPS) is 33.2. The summed E-state index contributed by atoms with van der Waals surface area (Å²) >= 11 is 0. The van der Waals surface area contributed by atoms with E-state index in [-0.39, 0.29) is 11.6 Å². The molecule has 0 aromatic carbocycles. The van der Waals surface area contributed by atoms with E-state index in [0.29, 0.717) is 6.54 Å². The lowest BCUT2D eigenvalue weighted by atomic mass is 9.77. The predicted molar refractivity (Wildman–Crippen MR) is 77.9 cm³/mol. The first-order valence-electron chi connectivity index (χ1n) is 7.82. The van der Waals surface area contributed by atoms with Crippen LogP contribution in [0.3, 0.4) is 0 Å². The summed E-state index contributed by atoms with van der Waals surface area (Å²) < 4.78 is 0. The first-order valence-corrected chi connectivity index (χ1v) is 7.82. The van der Waals surface area contributed by atoms with E-state index in [1.807, 2.05) is 4.90 Å². The maximum Gasteiger partial charge on any atom is 0.317 e. The number of urea groups is 1. The van der Waals surface area contributed by atoms with Gasteiger partial charge in [-0.3, -0.25) is 0 Å². The summed E-state index contributed by atoms with van der Waals surface area (Å²) in [4.78, 5) is 14.3. The molecule has 3 N–H and O–H groups in total. The molecule has 110 valence electrons. The van der Waals surface area contributed by atoms with E-state index >= 15 is 0 Å². The summed E-state index contributed by atoms with van der Waals surface area (Å²) in [6.07, 6.45) is 6.66. The van der Waals surface area contributed by atoms with Crippen molar-refractivity contribution in [2.45, 2.75) is 57.9 Å². The maximum atomic E-state index is 12.4. The van der Waals surface area contributed by atoms with Crippen LogP contribution in [0.5, 0.6) is 0 Å². The topological polar surface area (TPSA) is 58.4 Å². The van der Waals surface area contributed by atoms with Crippen molar-refractivity contribution in [3.63, 3.8) is 0 Å². The molecule has 2 aliphatic rings. The summed E-state index contributed by atoms with van der Waals surface area (Å²) in [6.45, 7) is 6.90. The molecule has 1 saturated carbocycles. The van der Waals surface area contributed by atoms with Crippen LogP contribution in [-0.4, -0.2) is 36.1 Å². The van der Waals surface area contributed by atoms with Crippen LogP contribution < -0.4 is 11.1 Å². The van der Waals surface area contributed by atoms with E-state index in [9.17, 15) is 4.79 Å². The molecule has 1 heterocycles. The molecular weight excluding hydrogens is 238 g/mol. The summed E-state index contributed by atoms with van der Waals surface area (Å²) in [5.41, 5.74) is 5.80. The van der Waals surface area contributed by atoms with Gasteiger partial charge in [0.25, 0.3) is 0 Å². The third-order valence-corrected chi connectivity index (χ3v) is 5.07. The lowest BCUT2D eigenvalue weighted by Crippen LogP contribution is -2.59. The van der Waals surface area contributed by atoms with Crippen molar-refractivity contribution in [1.29, 1.82) is 0 Å². The Kier molecular flexibility index (Phi) is 4.71. The lowest BCUT2D eigenvalue weighted by molar-refractivity contribution is 0.145. The zero-order chi connectivity index (χ0) is 13.9. The first-order chi connectivity index (χ1) is 9.04. The number of rotatable bonds is 2. The van der Waals surface area contributed by atoms with Gasteiger partial charge in [0.05, 0.1) is 5.54 Å². The molecule has 0 spiro atoms. The number of carbonyl (C=O) groups excluding carboxylic acids is 1. The fraction of sp³-hybridized carbons (Fsp3) is 0.933. The van der Waals surface area contributed by atoms with Crippen LogP contribution in [0, 0.1) is 11.8 Å². The van der Waals surface area contributed by atoms with Gasteiger partial charge in [-0.2, -0.15) is 0 Å². The van der Waals surface area contributed by atoms with Crippen LogP contribution >= 0.6 is 0 Å². The third kappa shape index (κ3) is 3.62. The SMILES string of the molecule is CC1CCN(C(=O)NC2(CN)CCC(C)CC2)CC1. The minimum Gasteiger partial charge on any atom is -0.331 e. The molecule has 1 aliphatic carbocycles. The smallest absolute Gasteiger partial charge is 0.317 e. The number of amides is 2. The zero-order valence-corrected chi connectivity index (χ0v) is 12.5. The Labute approximate surface area is 117 Å². The molecule has 0 unspecified atom stereocenters. The Morgan fingerprint density at radius 2 is 1.68 bits per heavy atom. The van der Waals surface area contributed by atoms with Gasteiger partial charge >= 0.3 is 6.03 Å². The predicted octanol–water partition coefficient (Wildman–Crippen LogP) is 2.34. The molecule has 2 amide bonds. The molecule has 4 nitrogen and oxygen atoms in total. The van der Waals surface area contributed by atoms with E-state index in [4.69, 9.17) is 5.73 Å². The van der Waals surface area contributed by atoms with Crippen LogP contribution in [0.25, 0.3) is 0 Å². The molecule has 0 aromatic heterocycles. The molecule has 19 heavy (non-hydrogen) atoms. The van der Waals surface area contributed by atoms with E-state index in [1.165, 1.54) is 12.8 Å². The van der Waals surface area contributed by atoms with Crippen LogP contribution in [0.15, 0.2) is 0 Å². The van der Waals surface area contributed by atoms with Gasteiger partial charge in [-0.25, -0.2) is 4.79 Å². The fourth-order valence-electron chi connectivity index (χ4n) is 3.21. The Hall–Kier alpha value is -0.770. The second kappa shape index (κ2) is 6.12. The van der Waals surface area contributed by atoms with Crippen molar-refractivity contribution in [1.82, 2.24) is 10.2 Å². The summed E-state index contributed by atoms with van der Waals surface area (Å²) in [5, 5.41) is 3.25. The van der Waals surface area contributed by atoms with E-state index in [1.54, 1.807) is 0 Å². The van der Waals surface area contributed by atoms with Gasteiger partial charge < -0.3 is 16.0 Å². The number of piperidine rings is 1. The van der Waals surface area contributed by atoms with Gasteiger partial charge in [0.2, 0.25) is 0 Å². The number of nitrogens with zero attached hydrogens (tertiary/aromatic N) is 1. The first kappa shape index (κ1) is 14.6. The van der Waals surface area contributed by atoms with Crippen LogP contribution in [-0.2, 0) is 0 Å². The van der Waals surface area contributed by atoms with Crippen molar-refractivity contribution in [2.24, 2.45) is 17.6 Å². The van der Waals surface area contributed by atoms with Gasteiger partial charge in [-0.05, 0) is 50.4 Å². The molecule has 4 heteroatoms. The molecule has 0 radical (unpaired) electrons. The number of carbonyl (C=O) groups is 1. The monoisotopic (exact) mass is 267 g/mol. The average Bonchev–Trinajstić information content (AvgIpc) is 2.42. The van der Waals surface area contributed by atoms with Crippen LogP contribution in [0.1, 0.15) is 52.4 Å². The van der Waals surface area contributed by atoms with Gasteiger partial charge in [0, 0.05) is 19.6 Å². The van der Waals surface area contributed by atoms with Crippen molar-refractivity contribution in [2.75, 3.05) is 19.6 Å². The molecule has 1 saturated heterocycles. The molecule has 2 fully saturated rings. The van der Waals surface area contributed by atoms with E-state index in [2.05, 4.69) is 19.2 Å². The quantitative estimate of drug-likeness (QED) is 0.807. The Morgan fingerprint density at radius 1 is 1.16 bits per heavy atom. The molecule has 0 bridgehead atoms. The van der Waals surface area contributed by atoms with Crippen molar-refractivity contribution >= 4 is 6.03 Å². The van der Waals surface area contributed by atoms with Gasteiger partial charge in [0.15, 0.2) is 0 Å². The van der Waals surface area contributed by atoms with E-state index < -0.39 is 0 Å². The molecule has 1 aliphatic heterocycles. The Balaban J connectivity index is 1.89. The summed E-state index contributed by atoms with van der Waals surface area (Å²) in [6, 6.07) is 0.104. The second-order valence-corrected chi connectivity index (χ2v) is 6.77. The van der Waals surface area contributed by atoms with Crippen LogP contribution in [0.4, 0.5) is 4.79 Å². The highest BCUT2D eigenvalue weighted by atomic mass is 16.2. The minimum atomic E-state index is -0.146. The Bertz CT molecular complexity index is 303. The number of hydrogen-bond acceptors (Lipinski definition) is 2. The minimum absolute atomic E-state index is 0.104. The fourth-order valence-corrected chi connectivity index (χ4v) is 3.21. The number of nitrogens with one attached hydrogen (secondary N) is 1. The van der Waals surface area contributed by atoms with Crippen molar-refractivity contribution in [3.8, 4) is 0 Å². The number of nitrogens with two attached hydrogens (primary N) is 1.